The predicted octanol–water partition coefficient (Wildman–Crippen LogP) is 3.45. The summed E-state index contributed by atoms with van der Waals surface area (Å²) in [4.78, 5) is 0. The minimum absolute atomic E-state index is 0.192. The summed E-state index contributed by atoms with van der Waals surface area (Å²) < 4.78 is 1.66. The number of hydrogen-bond acceptors (Lipinski definition) is 4. The van der Waals surface area contributed by atoms with E-state index in [1.54, 1.807) is 11.0 Å². The van der Waals surface area contributed by atoms with Gasteiger partial charge in [0.05, 0.1) is 5.69 Å². The number of hydrogen-bond donors (Lipinski definition) is 1. The number of tetrazole rings is 1. The molecule has 5 nitrogen and oxygen atoms in total. The predicted molar refractivity (Wildman–Crippen MR) is 87.1 cm³/mol. The summed E-state index contributed by atoms with van der Waals surface area (Å²) in [6.45, 7) is 6.38. The van der Waals surface area contributed by atoms with E-state index in [9.17, 15) is 0 Å². The number of benzene rings is 2. The molecule has 1 unspecified atom stereocenters. The van der Waals surface area contributed by atoms with Crippen molar-refractivity contribution in [2.45, 2.75) is 26.8 Å². The van der Waals surface area contributed by atoms with Crippen molar-refractivity contribution in [1.29, 1.82) is 0 Å². The van der Waals surface area contributed by atoms with Crippen molar-refractivity contribution >= 4 is 5.69 Å². The average Bonchev–Trinajstić information content (AvgIpc) is 3.05. The molecule has 0 amide bonds. The SMILES string of the molecule is Cc1ccc(C)c(NC(C)c2cccc(-n3cnnn3)c2)c1. The first kappa shape index (κ1) is 14.3. The maximum absolute atomic E-state index is 3.93. The van der Waals surface area contributed by atoms with Crippen molar-refractivity contribution in [3.8, 4) is 5.69 Å². The maximum Gasteiger partial charge on any atom is 0.143 e. The van der Waals surface area contributed by atoms with Crippen LogP contribution in [-0.2, 0) is 0 Å². The van der Waals surface area contributed by atoms with E-state index >= 15 is 0 Å². The first-order valence-corrected chi connectivity index (χ1v) is 7.30. The van der Waals surface area contributed by atoms with Gasteiger partial charge in [-0.3, -0.25) is 0 Å². The van der Waals surface area contributed by atoms with Crippen LogP contribution in [0.2, 0.25) is 0 Å². The molecule has 1 N–H and O–H groups in total. The first-order chi connectivity index (χ1) is 10.6. The highest BCUT2D eigenvalue weighted by Gasteiger charge is 2.09. The van der Waals surface area contributed by atoms with Gasteiger partial charge in [0, 0.05) is 11.7 Å². The van der Waals surface area contributed by atoms with Crippen LogP contribution in [0.25, 0.3) is 5.69 Å². The molecular formula is C17H19N5. The molecule has 22 heavy (non-hydrogen) atoms. The number of aryl methyl sites for hydroxylation is 2. The highest BCUT2D eigenvalue weighted by Crippen LogP contribution is 2.24. The lowest BCUT2D eigenvalue weighted by Crippen LogP contribution is -2.08. The summed E-state index contributed by atoms with van der Waals surface area (Å²) >= 11 is 0. The highest BCUT2D eigenvalue weighted by atomic mass is 15.5. The molecule has 0 saturated heterocycles. The molecule has 1 atom stereocenters. The van der Waals surface area contributed by atoms with Gasteiger partial charge in [0.25, 0.3) is 0 Å². The largest absolute Gasteiger partial charge is 0.378 e. The molecule has 0 aliphatic rings. The van der Waals surface area contributed by atoms with Crippen LogP contribution in [0.4, 0.5) is 5.69 Å². The number of nitrogens with zero attached hydrogens (tertiary/aromatic N) is 4. The Morgan fingerprint density at radius 3 is 2.73 bits per heavy atom. The Bertz CT molecular complexity index is 764. The minimum atomic E-state index is 0.192. The van der Waals surface area contributed by atoms with Gasteiger partial charge in [0.2, 0.25) is 0 Å². The maximum atomic E-state index is 3.93. The third kappa shape index (κ3) is 2.98. The summed E-state index contributed by atoms with van der Waals surface area (Å²) in [5.74, 6) is 0. The van der Waals surface area contributed by atoms with Crippen LogP contribution >= 0.6 is 0 Å². The van der Waals surface area contributed by atoms with Gasteiger partial charge in [-0.2, -0.15) is 0 Å². The lowest BCUT2D eigenvalue weighted by molar-refractivity contribution is 0.785. The lowest BCUT2D eigenvalue weighted by atomic mass is 10.1. The van der Waals surface area contributed by atoms with Gasteiger partial charge in [-0.1, -0.05) is 24.3 Å². The molecule has 1 heterocycles. The van der Waals surface area contributed by atoms with Gasteiger partial charge in [-0.15, -0.1) is 5.10 Å². The summed E-state index contributed by atoms with van der Waals surface area (Å²) in [7, 11) is 0. The van der Waals surface area contributed by atoms with E-state index in [0.29, 0.717) is 0 Å². The summed E-state index contributed by atoms with van der Waals surface area (Å²) in [5.41, 5.74) is 5.81. The summed E-state index contributed by atoms with van der Waals surface area (Å²) in [6.07, 6.45) is 1.60. The Morgan fingerprint density at radius 2 is 1.95 bits per heavy atom. The van der Waals surface area contributed by atoms with Crippen LogP contribution in [0, 0.1) is 13.8 Å². The van der Waals surface area contributed by atoms with Crippen LogP contribution < -0.4 is 5.32 Å². The van der Waals surface area contributed by atoms with Crippen LogP contribution in [0.1, 0.15) is 29.7 Å². The van der Waals surface area contributed by atoms with E-state index in [1.807, 2.05) is 12.1 Å². The quantitative estimate of drug-likeness (QED) is 0.800. The standard InChI is InChI=1S/C17H19N5/c1-12-7-8-13(2)17(9-12)19-14(3)15-5-4-6-16(10-15)22-11-18-20-21-22/h4-11,14,19H,1-3H3. The first-order valence-electron chi connectivity index (χ1n) is 7.30. The Balaban J connectivity index is 1.85. The number of aromatic nitrogens is 4. The van der Waals surface area contributed by atoms with Crippen molar-refractivity contribution < 1.29 is 0 Å². The Labute approximate surface area is 130 Å². The Hall–Kier alpha value is -2.69. The van der Waals surface area contributed by atoms with E-state index < -0.39 is 0 Å². The van der Waals surface area contributed by atoms with Gasteiger partial charge in [0.1, 0.15) is 6.33 Å². The van der Waals surface area contributed by atoms with Crippen molar-refractivity contribution in [3.05, 3.63) is 65.5 Å². The third-order valence-corrected chi connectivity index (χ3v) is 3.75. The van der Waals surface area contributed by atoms with Gasteiger partial charge < -0.3 is 5.32 Å². The normalized spacial score (nSPS) is 12.1. The summed E-state index contributed by atoms with van der Waals surface area (Å²) in [5, 5.41) is 14.9. The molecule has 0 fully saturated rings. The molecule has 0 spiro atoms. The van der Waals surface area contributed by atoms with Gasteiger partial charge in [0.15, 0.2) is 0 Å². The second-order valence-electron chi connectivity index (χ2n) is 5.53. The van der Waals surface area contributed by atoms with Gasteiger partial charge >= 0.3 is 0 Å². The molecule has 0 bridgehead atoms. The third-order valence-electron chi connectivity index (χ3n) is 3.75. The number of rotatable bonds is 4. The van der Waals surface area contributed by atoms with E-state index in [0.717, 1.165) is 5.69 Å². The zero-order valence-corrected chi connectivity index (χ0v) is 13.0. The van der Waals surface area contributed by atoms with Crippen LogP contribution in [-0.4, -0.2) is 20.2 Å². The molecule has 5 heteroatoms. The molecule has 0 aliphatic carbocycles. The van der Waals surface area contributed by atoms with Crippen molar-refractivity contribution in [2.75, 3.05) is 5.32 Å². The van der Waals surface area contributed by atoms with E-state index in [4.69, 9.17) is 0 Å². The second-order valence-corrected chi connectivity index (χ2v) is 5.53. The smallest absolute Gasteiger partial charge is 0.143 e. The molecular weight excluding hydrogens is 274 g/mol. The zero-order valence-electron chi connectivity index (χ0n) is 13.0. The fourth-order valence-electron chi connectivity index (χ4n) is 2.42. The number of anilines is 1. The van der Waals surface area contributed by atoms with E-state index in [1.165, 1.54) is 22.4 Å². The minimum Gasteiger partial charge on any atom is -0.378 e. The molecule has 112 valence electrons. The van der Waals surface area contributed by atoms with Crippen molar-refractivity contribution in [3.63, 3.8) is 0 Å². The lowest BCUT2D eigenvalue weighted by Gasteiger charge is -2.18. The highest BCUT2D eigenvalue weighted by molar-refractivity contribution is 5.54. The fraction of sp³-hybridized carbons (Fsp3) is 0.235. The van der Waals surface area contributed by atoms with Gasteiger partial charge in [-0.25, -0.2) is 4.68 Å². The van der Waals surface area contributed by atoms with E-state index in [2.05, 4.69) is 71.9 Å². The van der Waals surface area contributed by atoms with Crippen LogP contribution in [0.15, 0.2) is 48.8 Å². The second kappa shape index (κ2) is 5.97. The molecule has 0 saturated carbocycles. The molecule has 0 aliphatic heterocycles. The summed E-state index contributed by atoms with van der Waals surface area (Å²) in [6, 6.07) is 14.9. The van der Waals surface area contributed by atoms with E-state index in [-0.39, 0.29) is 6.04 Å². The van der Waals surface area contributed by atoms with Gasteiger partial charge in [-0.05, 0) is 66.1 Å². The molecule has 0 radical (unpaired) electrons. The molecule has 3 aromatic rings. The van der Waals surface area contributed by atoms with Crippen LogP contribution in [0.3, 0.4) is 0 Å². The Kier molecular flexibility index (Phi) is 3.87. The zero-order chi connectivity index (χ0) is 15.5. The monoisotopic (exact) mass is 293 g/mol. The van der Waals surface area contributed by atoms with Crippen molar-refractivity contribution in [1.82, 2.24) is 20.2 Å². The molecule has 1 aromatic heterocycles. The van der Waals surface area contributed by atoms with Crippen molar-refractivity contribution in [2.24, 2.45) is 0 Å². The van der Waals surface area contributed by atoms with Crippen LogP contribution in [0.5, 0.6) is 0 Å². The Morgan fingerprint density at radius 1 is 1.09 bits per heavy atom. The fourth-order valence-corrected chi connectivity index (χ4v) is 2.42. The number of nitrogens with one attached hydrogen (secondary N) is 1. The molecule has 2 aromatic carbocycles. The topological polar surface area (TPSA) is 55.6 Å². The molecule has 3 rings (SSSR count). The average molecular weight is 293 g/mol.